The first-order chi connectivity index (χ1) is 13.3. The number of anilines is 1. The van der Waals surface area contributed by atoms with Crippen molar-refractivity contribution in [2.45, 2.75) is 52.0 Å². The van der Waals surface area contributed by atoms with Gasteiger partial charge in [-0.25, -0.2) is 5.43 Å². The summed E-state index contributed by atoms with van der Waals surface area (Å²) in [7, 11) is 0. The fourth-order valence-electron chi connectivity index (χ4n) is 4.08. The second-order valence-electron chi connectivity index (χ2n) is 8.07. The van der Waals surface area contributed by atoms with Gasteiger partial charge in [0.1, 0.15) is 0 Å². The van der Waals surface area contributed by atoms with E-state index in [-0.39, 0.29) is 11.4 Å². The van der Waals surface area contributed by atoms with Gasteiger partial charge in [0, 0.05) is 28.9 Å². The smallest absolute Gasteiger partial charge is 0.271 e. The van der Waals surface area contributed by atoms with Crippen LogP contribution in [0.1, 0.15) is 67.9 Å². The summed E-state index contributed by atoms with van der Waals surface area (Å²) in [5.74, 6) is 0.191. The Balaban J connectivity index is 1.84. The Labute approximate surface area is 172 Å². The first kappa shape index (κ1) is 20.4. The Kier molecular flexibility index (Phi) is 6.09. The van der Waals surface area contributed by atoms with Crippen LogP contribution in [0.3, 0.4) is 0 Å². The lowest BCUT2D eigenvalue weighted by Crippen LogP contribution is -2.48. The summed E-state index contributed by atoms with van der Waals surface area (Å²) in [4.78, 5) is 14.6. The standard InChI is InChI=1S/C23H28ClN3O/c1-5-11-27-21-13-20(24)18(12-19(21)16(2)14-23(27,3)4)15-25-26-22(28)17-9-7-6-8-10-17/h6-10,12-13,15-16H,5,11,14H2,1-4H3,(H,26,28)/b25-15-. The number of carbonyl (C=O) groups is 1. The molecule has 1 aliphatic rings. The number of benzene rings is 2. The molecule has 0 bridgehead atoms. The van der Waals surface area contributed by atoms with Gasteiger partial charge in [0.25, 0.3) is 5.91 Å². The molecule has 148 valence electrons. The third-order valence-corrected chi connectivity index (χ3v) is 5.68. The van der Waals surface area contributed by atoms with E-state index in [1.54, 1.807) is 18.3 Å². The van der Waals surface area contributed by atoms with Crippen molar-refractivity contribution < 1.29 is 4.79 Å². The zero-order valence-electron chi connectivity index (χ0n) is 17.0. The normalized spacial score (nSPS) is 18.2. The second-order valence-corrected chi connectivity index (χ2v) is 8.47. The summed E-state index contributed by atoms with van der Waals surface area (Å²) in [6.07, 6.45) is 3.80. The minimum absolute atomic E-state index is 0.102. The number of hydrazone groups is 1. The number of nitrogens with one attached hydrogen (secondary N) is 1. The van der Waals surface area contributed by atoms with E-state index in [2.05, 4.69) is 49.2 Å². The lowest BCUT2D eigenvalue weighted by Gasteiger charge is -2.47. The van der Waals surface area contributed by atoms with Crippen molar-refractivity contribution in [1.82, 2.24) is 5.43 Å². The molecule has 1 heterocycles. The number of hydrogen-bond donors (Lipinski definition) is 1. The van der Waals surface area contributed by atoms with Gasteiger partial charge in [-0.1, -0.05) is 43.6 Å². The predicted octanol–water partition coefficient (Wildman–Crippen LogP) is 5.61. The molecule has 1 unspecified atom stereocenters. The minimum atomic E-state index is -0.241. The van der Waals surface area contributed by atoms with E-state index in [1.165, 1.54) is 11.3 Å². The Hall–Kier alpha value is -2.33. The third kappa shape index (κ3) is 4.22. The van der Waals surface area contributed by atoms with Gasteiger partial charge in [-0.15, -0.1) is 0 Å². The molecule has 0 spiro atoms. The number of carbonyl (C=O) groups excluding carboxylic acids is 1. The number of rotatable bonds is 5. The van der Waals surface area contributed by atoms with Crippen molar-refractivity contribution in [3.63, 3.8) is 0 Å². The molecule has 0 radical (unpaired) electrons. The number of fused-ring (bicyclic) bond motifs is 1. The Morgan fingerprint density at radius 3 is 2.71 bits per heavy atom. The van der Waals surface area contributed by atoms with Crippen LogP contribution in [-0.2, 0) is 0 Å². The molecule has 2 aromatic carbocycles. The highest BCUT2D eigenvalue weighted by Crippen LogP contribution is 2.45. The molecule has 1 atom stereocenters. The van der Waals surface area contributed by atoms with Crippen LogP contribution in [0.15, 0.2) is 47.6 Å². The Morgan fingerprint density at radius 2 is 2.04 bits per heavy atom. The molecule has 1 N–H and O–H groups in total. The summed E-state index contributed by atoms with van der Waals surface area (Å²) >= 11 is 6.57. The van der Waals surface area contributed by atoms with Crippen molar-refractivity contribution in [3.05, 3.63) is 64.2 Å². The third-order valence-electron chi connectivity index (χ3n) is 5.36. The molecule has 0 aromatic heterocycles. The van der Waals surface area contributed by atoms with Crippen LogP contribution in [0.2, 0.25) is 5.02 Å². The molecule has 2 aromatic rings. The highest BCUT2D eigenvalue weighted by Gasteiger charge is 2.36. The predicted molar refractivity (Wildman–Crippen MR) is 118 cm³/mol. The van der Waals surface area contributed by atoms with Crippen molar-refractivity contribution in [3.8, 4) is 0 Å². The Morgan fingerprint density at radius 1 is 1.32 bits per heavy atom. The van der Waals surface area contributed by atoms with E-state index < -0.39 is 0 Å². The molecule has 5 heteroatoms. The number of halogens is 1. The molecule has 4 nitrogen and oxygen atoms in total. The number of hydrogen-bond acceptors (Lipinski definition) is 3. The van der Waals surface area contributed by atoms with Crippen LogP contribution >= 0.6 is 11.6 Å². The van der Waals surface area contributed by atoms with Gasteiger partial charge in [-0.3, -0.25) is 4.79 Å². The number of amides is 1. The van der Waals surface area contributed by atoms with Crippen LogP contribution in [0, 0.1) is 0 Å². The molecule has 0 aliphatic carbocycles. The van der Waals surface area contributed by atoms with Crippen molar-refractivity contribution in [2.24, 2.45) is 5.10 Å². The molecule has 1 amide bonds. The second kappa shape index (κ2) is 8.36. The maximum absolute atomic E-state index is 12.1. The van der Waals surface area contributed by atoms with E-state index in [1.807, 2.05) is 24.3 Å². The van der Waals surface area contributed by atoms with E-state index in [4.69, 9.17) is 11.6 Å². The van der Waals surface area contributed by atoms with Crippen molar-refractivity contribution in [2.75, 3.05) is 11.4 Å². The molecule has 1 aliphatic heterocycles. The fraction of sp³-hybridized carbons (Fsp3) is 0.391. The van der Waals surface area contributed by atoms with E-state index >= 15 is 0 Å². The van der Waals surface area contributed by atoms with Gasteiger partial charge in [-0.2, -0.15) is 5.10 Å². The monoisotopic (exact) mass is 397 g/mol. The largest absolute Gasteiger partial charge is 0.366 e. The maximum Gasteiger partial charge on any atom is 0.271 e. The lowest BCUT2D eigenvalue weighted by atomic mass is 9.79. The van der Waals surface area contributed by atoms with Gasteiger partial charge < -0.3 is 4.90 Å². The van der Waals surface area contributed by atoms with Crippen molar-refractivity contribution in [1.29, 1.82) is 0 Å². The van der Waals surface area contributed by atoms with Gasteiger partial charge >= 0.3 is 0 Å². The zero-order chi connectivity index (χ0) is 20.3. The molecule has 28 heavy (non-hydrogen) atoms. The molecule has 0 saturated carbocycles. The summed E-state index contributed by atoms with van der Waals surface area (Å²) in [6, 6.07) is 13.2. The molecule has 0 saturated heterocycles. The molecular formula is C23H28ClN3O. The number of nitrogens with zero attached hydrogens (tertiary/aromatic N) is 2. The molecule has 3 rings (SSSR count). The average Bonchev–Trinajstić information content (AvgIpc) is 2.66. The van der Waals surface area contributed by atoms with E-state index in [0.29, 0.717) is 16.5 Å². The van der Waals surface area contributed by atoms with Crippen LogP contribution in [0.4, 0.5) is 5.69 Å². The van der Waals surface area contributed by atoms with Crippen molar-refractivity contribution >= 4 is 29.4 Å². The van der Waals surface area contributed by atoms with Crippen LogP contribution in [0.5, 0.6) is 0 Å². The highest BCUT2D eigenvalue weighted by molar-refractivity contribution is 6.33. The van der Waals surface area contributed by atoms with Gasteiger partial charge in [0.15, 0.2) is 0 Å². The summed E-state index contributed by atoms with van der Waals surface area (Å²) in [5, 5.41) is 4.76. The summed E-state index contributed by atoms with van der Waals surface area (Å²) < 4.78 is 0. The SMILES string of the molecule is CCCN1c2cc(Cl)c(/C=N\NC(=O)c3ccccc3)cc2C(C)CC1(C)C. The first-order valence-electron chi connectivity index (χ1n) is 9.83. The van der Waals surface area contributed by atoms with E-state index in [0.717, 1.165) is 24.9 Å². The van der Waals surface area contributed by atoms with Gasteiger partial charge in [0.2, 0.25) is 0 Å². The van der Waals surface area contributed by atoms with Crippen LogP contribution in [-0.4, -0.2) is 24.2 Å². The van der Waals surface area contributed by atoms with Crippen LogP contribution in [0.25, 0.3) is 0 Å². The highest BCUT2D eigenvalue weighted by atomic mass is 35.5. The maximum atomic E-state index is 12.1. The zero-order valence-corrected chi connectivity index (χ0v) is 17.8. The quantitative estimate of drug-likeness (QED) is 0.526. The summed E-state index contributed by atoms with van der Waals surface area (Å²) in [6.45, 7) is 10.1. The van der Waals surface area contributed by atoms with Gasteiger partial charge in [0.05, 0.1) is 11.2 Å². The minimum Gasteiger partial charge on any atom is -0.366 e. The lowest BCUT2D eigenvalue weighted by molar-refractivity contribution is 0.0955. The van der Waals surface area contributed by atoms with Gasteiger partial charge in [-0.05, 0) is 62.4 Å². The van der Waals surface area contributed by atoms with E-state index in [9.17, 15) is 4.79 Å². The summed E-state index contributed by atoms with van der Waals surface area (Å²) in [5.41, 5.74) is 6.55. The average molecular weight is 398 g/mol. The Bertz CT molecular complexity index is 877. The molecule has 0 fully saturated rings. The topological polar surface area (TPSA) is 44.7 Å². The van der Waals surface area contributed by atoms with Crippen LogP contribution < -0.4 is 10.3 Å². The first-order valence-corrected chi connectivity index (χ1v) is 10.2. The molecular weight excluding hydrogens is 370 g/mol. The fourth-order valence-corrected chi connectivity index (χ4v) is 4.29.